The van der Waals surface area contributed by atoms with E-state index in [0.29, 0.717) is 24.6 Å². The number of aldehydes is 1. The molecule has 0 bridgehead atoms. The number of aryl methyl sites for hydroxylation is 1. The molecule has 0 saturated heterocycles. The quantitative estimate of drug-likeness (QED) is 0.127. The normalized spacial score (nSPS) is 10.8. The van der Waals surface area contributed by atoms with Gasteiger partial charge in [0.15, 0.2) is 0 Å². The first-order valence-corrected chi connectivity index (χ1v) is 15.1. The molecule has 0 amide bonds. The molecule has 0 saturated carbocycles. The van der Waals surface area contributed by atoms with Crippen LogP contribution in [0.15, 0.2) is 18.2 Å². The number of nitrogens with one attached hydrogen (secondary N) is 1. The Kier molecular flexibility index (Phi) is 25.7. The van der Waals surface area contributed by atoms with Crippen LogP contribution in [-0.2, 0) is 28.9 Å². The predicted molar refractivity (Wildman–Crippen MR) is 162 cm³/mol. The van der Waals surface area contributed by atoms with Gasteiger partial charge in [-0.05, 0) is 43.2 Å². The number of halogens is 4. The molecule has 0 spiro atoms. The van der Waals surface area contributed by atoms with E-state index in [0.717, 1.165) is 68.9 Å². The number of carbonyl (C=O) groups is 1. The summed E-state index contributed by atoms with van der Waals surface area (Å²) in [4.78, 5) is 18.7. The largest absolute Gasteiger partial charge is 0.381 e. The van der Waals surface area contributed by atoms with E-state index in [4.69, 9.17) is 16.3 Å². The molecular formula is C31H51ClF3N3O2. The van der Waals surface area contributed by atoms with E-state index in [2.05, 4.69) is 29.1 Å². The van der Waals surface area contributed by atoms with Crippen LogP contribution in [0.2, 0.25) is 5.28 Å². The second-order valence-electron chi connectivity index (χ2n) is 8.48. The zero-order valence-corrected chi connectivity index (χ0v) is 26.5. The van der Waals surface area contributed by atoms with Crippen LogP contribution in [0.4, 0.5) is 19.0 Å². The summed E-state index contributed by atoms with van der Waals surface area (Å²) in [6, 6.07) is 3.97. The maximum Gasteiger partial charge on any atom is 0.266 e. The van der Waals surface area contributed by atoms with E-state index < -0.39 is 17.8 Å². The molecule has 1 heterocycles. The van der Waals surface area contributed by atoms with Gasteiger partial charge in [0.2, 0.25) is 5.28 Å². The van der Waals surface area contributed by atoms with E-state index in [-0.39, 0.29) is 17.4 Å². The Balaban J connectivity index is 0. The van der Waals surface area contributed by atoms with Crippen LogP contribution in [0.5, 0.6) is 0 Å². The molecular weight excluding hydrogens is 539 g/mol. The van der Waals surface area contributed by atoms with Crippen molar-refractivity contribution in [2.75, 3.05) is 18.5 Å². The van der Waals surface area contributed by atoms with E-state index in [1.165, 1.54) is 12.1 Å². The minimum absolute atomic E-state index is 0.0400. The lowest BCUT2D eigenvalue weighted by Gasteiger charge is -2.15. The van der Waals surface area contributed by atoms with Crippen LogP contribution < -0.4 is 5.32 Å². The summed E-state index contributed by atoms with van der Waals surface area (Å²) >= 11 is 5.96. The van der Waals surface area contributed by atoms with Crippen LogP contribution in [-0.4, -0.2) is 29.5 Å². The highest BCUT2D eigenvalue weighted by Crippen LogP contribution is 2.26. The third-order valence-electron chi connectivity index (χ3n) is 5.52. The van der Waals surface area contributed by atoms with Crippen molar-refractivity contribution in [2.24, 2.45) is 5.92 Å². The summed E-state index contributed by atoms with van der Waals surface area (Å²) in [7, 11) is 0. The summed E-state index contributed by atoms with van der Waals surface area (Å²) in [5, 5.41) is 3.12. The predicted octanol–water partition coefficient (Wildman–Crippen LogP) is 9.80. The molecule has 1 aromatic heterocycles. The number of hydrogen-bond acceptors (Lipinski definition) is 5. The van der Waals surface area contributed by atoms with Crippen molar-refractivity contribution in [1.29, 1.82) is 0 Å². The zero-order valence-electron chi connectivity index (χ0n) is 25.8. The van der Waals surface area contributed by atoms with Crippen molar-refractivity contribution in [2.45, 2.75) is 113 Å². The van der Waals surface area contributed by atoms with E-state index in [9.17, 15) is 18.0 Å². The fourth-order valence-corrected chi connectivity index (χ4v) is 3.94. The van der Waals surface area contributed by atoms with Crippen molar-refractivity contribution in [3.63, 3.8) is 0 Å². The lowest BCUT2D eigenvalue weighted by molar-refractivity contribution is -0.109. The molecule has 9 heteroatoms. The molecule has 230 valence electrons. The molecule has 2 aromatic rings. The summed E-state index contributed by atoms with van der Waals surface area (Å²) < 4.78 is 45.1. The summed E-state index contributed by atoms with van der Waals surface area (Å²) in [6.07, 6.45) is 4.44. The molecule has 0 fully saturated rings. The Hall–Kier alpha value is -2.19. The summed E-state index contributed by atoms with van der Waals surface area (Å²) in [5.41, 5.74) is 1.31. The summed E-state index contributed by atoms with van der Waals surface area (Å²) in [6.45, 7) is 17.8. The van der Waals surface area contributed by atoms with Gasteiger partial charge >= 0.3 is 0 Å². The number of aromatic nitrogens is 2. The van der Waals surface area contributed by atoms with Crippen LogP contribution in [0.1, 0.15) is 116 Å². The first-order chi connectivity index (χ1) is 19.3. The van der Waals surface area contributed by atoms with Gasteiger partial charge in [0, 0.05) is 37.3 Å². The number of hydrogen-bond donors (Lipinski definition) is 1. The number of rotatable bonds is 15. The van der Waals surface area contributed by atoms with Crippen molar-refractivity contribution in [1.82, 2.24) is 9.97 Å². The van der Waals surface area contributed by atoms with Crippen molar-refractivity contribution >= 4 is 23.7 Å². The van der Waals surface area contributed by atoms with Gasteiger partial charge in [-0.25, -0.2) is 23.1 Å². The highest BCUT2D eigenvalue weighted by atomic mass is 35.5. The van der Waals surface area contributed by atoms with E-state index in [1.54, 1.807) is 0 Å². The average molecular weight is 590 g/mol. The van der Waals surface area contributed by atoms with Gasteiger partial charge in [0.25, 0.3) is 6.43 Å². The van der Waals surface area contributed by atoms with Gasteiger partial charge in [-0.15, -0.1) is 0 Å². The lowest BCUT2D eigenvalue weighted by atomic mass is 10.0. The smallest absolute Gasteiger partial charge is 0.266 e. The molecule has 40 heavy (non-hydrogen) atoms. The fourth-order valence-electron chi connectivity index (χ4n) is 3.75. The second-order valence-corrected chi connectivity index (χ2v) is 8.81. The minimum Gasteiger partial charge on any atom is -0.381 e. The SMILES string of the molecule is CC.CC.CCCOCC(CC=O)CCC.CCCc1nc(Cl)nc(NCc2cccc(C(F)F)c2F)c1CC. The monoisotopic (exact) mass is 589 g/mol. The Bertz CT molecular complexity index is 918. The number of carbonyl (C=O) groups excluding carboxylic acids is 1. The van der Waals surface area contributed by atoms with Crippen molar-refractivity contribution < 1.29 is 22.7 Å². The Labute approximate surface area is 245 Å². The van der Waals surface area contributed by atoms with Crippen LogP contribution in [0.3, 0.4) is 0 Å². The highest BCUT2D eigenvalue weighted by Gasteiger charge is 2.17. The fraction of sp³-hybridized carbons (Fsp3) is 0.645. The molecule has 0 aliphatic rings. The van der Waals surface area contributed by atoms with Crippen molar-refractivity contribution in [3.8, 4) is 0 Å². The first-order valence-electron chi connectivity index (χ1n) is 14.7. The Morgan fingerprint density at radius 1 is 1.02 bits per heavy atom. The topological polar surface area (TPSA) is 64.1 Å². The summed E-state index contributed by atoms with van der Waals surface area (Å²) in [5.74, 6) is 0.0637. The highest BCUT2D eigenvalue weighted by molar-refractivity contribution is 6.28. The molecule has 1 atom stereocenters. The van der Waals surface area contributed by atoms with Gasteiger partial charge in [-0.1, -0.05) is 86.4 Å². The van der Waals surface area contributed by atoms with Gasteiger partial charge < -0.3 is 14.8 Å². The van der Waals surface area contributed by atoms with Gasteiger partial charge in [0.1, 0.15) is 17.9 Å². The van der Waals surface area contributed by atoms with Crippen LogP contribution >= 0.6 is 11.6 Å². The van der Waals surface area contributed by atoms with Crippen LogP contribution in [0.25, 0.3) is 0 Å². The number of alkyl halides is 2. The maximum atomic E-state index is 14.1. The first kappa shape index (κ1) is 40.0. The molecule has 2 rings (SSSR count). The third-order valence-corrected chi connectivity index (χ3v) is 5.69. The lowest BCUT2D eigenvalue weighted by Crippen LogP contribution is -2.10. The molecule has 1 N–H and O–H groups in total. The van der Waals surface area contributed by atoms with Crippen molar-refractivity contribution in [3.05, 3.63) is 51.7 Å². The number of ether oxygens (including phenoxy) is 1. The average Bonchev–Trinajstić information content (AvgIpc) is 2.95. The number of anilines is 1. The molecule has 5 nitrogen and oxygen atoms in total. The Morgan fingerprint density at radius 3 is 2.23 bits per heavy atom. The second kappa shape index (κ2) is 25.8. The van der Waals surface area contributed by atoms with Gasteiger partial charge in [-0.2, -0.15) is 0 Å². The molecule has 1 unspecified atom stereocenters. The third kappa shape index (κ3) is 15.6. The van der Waals surface area contributed by atoms with E-state index in [1.807, 2.05) is 41.5 Å². The van der Waals surface area contributed by atoms with Crippen LogP contribution in [0, 0.1) is 11.7 Å². The zero-order chi connectivity index (χ0) is 30.9. The van der Waals surface area contributed by atoms with Gasteiger partial charge in [-0.3, -0.25) is 0 Å². The number of benzene rings is 1. The molecule has 0 radical (unpaired) electrons. The Morgan fingerprint density at radius 2 is 1.70 bits per heavy atom. The molecule has 0 aliphatic heterocycles. The van der Waals surface area contributed by atoms with E-state index >= 15 is 0 Å². The number of nitrogens with zero attached hydrogens (tertiary/aromatic N) is 2. The van der Waals surface area contributed by atoms with Gasteiger partial charge in [0.05, 0.1) is 11.3 Å². The standard InChI is InChI=1S/C17H19ClF3N3.C10H20O2.2C2H6/c1-3-6-13-11(4-2)16(24-17(18)23-13)22-9-10-7-5-8-12(14(10)19)15(20)21;1-3-5-10(6-7-11)9-12-8-4-2;2*1-2/h5,7-8,15H,3-4,6,9H2,1-2H3,(H,22,23,24);7,10H,3-6,8-9H2,1-2H3;2*1-2H3. The molecule has 0 aliphatic carbocycles. The minimum atomic E-state index is -2.85. The molecule has 1 aromatic carbocycles. The maximum absolute atomic E-state index is 14.1.